The number of ether oxygens (including phenoxy) is 1. The summed E-state index contributed by atoms with van der Waals surface area (Å²) in [5.74, 6) is -0.862. The molecule has 35 heavy (non-hydrogen) atoms. The molecule has 0 aromatic heterocycles. The van der Waals surface area contributed by atoms with Gasteiger partial charge in [-0.25, -0.2) is 4.79 Å². The third kappa shape index (κ3) is 6.62. The van der Waals surface area contributed by atoms with Crippen molar-refractivity contribution >= 4 is 18.0 Å². The van der Waals surface area contributed by atoms with E-state index in [1.54, 1.807) is 0 Å². The van der Waals surface area contributed by atoms with Gasteiger partial charge in [0.05, 0.1) is 12.0 Å². The fraction of sp³-hybridized carbons (Fsp3) is 0.464. The molecule has 3 N–H and O–H groups in total. The maximum absolute atomic E-state index is 12.2. The normalized spacial score (nSPS) is 15.1. The second-order valence-corrected chi connectivity index (χ2v) is 9.67. The van der Waals surface area contributed by atoms with E-state index in [0.29, 0.717) is 19.6 Å². The van der Waals surface area contributed by atoms with Crippen molar-refractivity contribution in [3.63, 3.8) is 0 Å². The predicted molar refractivity (Wildman–Crippen MR) is 133 cm³/mol. The molecular formula is C28H34N2O5. The minimum Gasteiger partial charge on any atom is -0.481 e. The number of carbonyl (C=O) groups is 3. The Morgan fingerprint density at radius 1 is 0.886 bits per heavy atom. The number of benzene rings is 2. The van der Waals surface area contributed by atoms with Crippen LogP contribution in [0, 0.1) is 0 Å². The second-order valence-electron chi connectivity index (χ2n) is 9.67. The van der Waals surface area contributed by atoms with Gasteiger partial charge in [0.15, 0.2) is 0 Å². The van der Waals surface area contributed by atoms with Gasteiger partial charge < -0.3 is 20.5 Å². The number of aliphatic carboxylic acids is 1. The van der Waals surface area contributed by atoms with Crippen molar-refractivity contribution in [3.05, 3.63) is 59.7 Å². The summed E-state index contributed by atoms with van der Waals surface area (Å²) in [6, 6.07) is 16.5. The van der Waals surface area contributed by atoms with E-state index in [1.807, 2.05) is 24.3 Å². The summed E-state index contributed by atoms with van der Waals surface area (Å²) in [6.07, 6.45) is 6.09. The molecule has 0 radical (unpaired) electrons. The first-order valence-electron chi connectivity index (χ1n) is 12.6. The number of rotatable bonds is 13. The number of hydrogen-bond acceptors (Lipinski definition) is 4. The molecule has 0 spiro atoms. The first kappa shape index (κ1) is 24.8. The van der Waals surface area contributed by atoms with Crippen LogP contribution in [0.2, 0.25) is 0 Å². The number of carboxylic acid groups (broad SMARTS) is 1. The fourth-order valence-corrected chi connectivity index (χ4v) is 4.93. The Bertz CT molecular complexity index is 1020. The Kier molecular flexibility index (Phi) is 8.06. The smallest absolute Gasteiger partial charge is 0.407 e. The lowest BCUT2D eigenvalue weighted by atomic mass is 9.98. The standard InChI is InChI=1S/C28H34N2O5/c31-25(30-28(15-16-28)18-26(32)33)14-4-2-1-3-9-17-29-27(34)35-19-24-22-12-7-5-10-20(22)21-11-6-8-13-23(21)24/h5-8,10-13,24H,1-4,9,14-19H2,(H,29,34)(H,30,31)(H,32,33). The van der Waals surface area contributed by atoms with Gasteiger partial charge in [-0.1, -0.05) is 67.8 Å². The molecule has 2 aromatic rings. The van der Waals surface area contributed by atoms with Crippen molar-refractivity contribution in [1.29, 1.82) is 0 Å². The van der Waals surface area contributed by atoms with E-state index in [4.69, 9.17) is 9.84 Å². The van der Waals surface area contributed by atoms with Crippen LogP contribution in [-0.2, 0) is 14.3 Å². The molecule has 7 nitrogen and oxygen atoms in total. The number of hydrogen-bond donors (Lipinski definition) is 3. The quantitative estimate of drug-likeness (QED) is 0.352. The van der Waals surface area contributed by atoms with Crippen molar-refractivity contribution in [1.82, 2.24) is 10.6 Å². The molecular weight excluding hydrogens is 444 g/mol. The number of nitrogens with one attached hydrogen (secondary N) is 2. The van der Waals surface area contributed by atoms with Gasteiger partial charge in [0.2, 0.25) is 5.91 Å². The Morgan fingerprint density at radius 2 is 1.49 bits per heavy atom. The van der Waals surface area contributed by atoms with E-state index in [2.05, 4.69) is 34.9 Å². The predicted octanol–water partition coefficient (Wildman–Crippen LogP) is 4.99. The Hall–Kier alpha value is -3.35. The van der Waals surface area contributed by atoms with Crippen molar-refractivity contribution in [3.8, 4) is 11.1 Å². The highest BCUT2D eigenvalue weighted by atomic mass is 16.5. The van der Waals surface area contributed by atoms with Gasteiger partial charge in [-0.3, -0.25) is 9.59 Å². The molecule has 0 bridgehead atoms. The lowest BCUT2D eigenvalue weighted by Crippen LogP contribution is -2.38. The topological polar surface area (TPSA) is 105 Å². The molecule has 0 heterocycles. The Balaban J connectivity index is 1.06. The summed E-state index contributed by atoms with van der Waals surface area (Å²) in [5, 5.41) is 14.6. The van der Waals surface area contributed by atoms with Crippen molar-refractivity contribution < 1.29 is 24.2 Å². The van der Waals surface area contributed by atoms with Crippen LogP contribution < -0.4 is 10.6 Å². The maximum Gasteiger partial charge on any atom is 0.407 e. The lowest BCUT2D eigenvalue weighted by molar-refractivity contribution is -0.138. The highest BCUT2D eigenvalue weighted by Gasteiger charge is 2.45. The van der Waals surface area contributed by atoms with E-state index in [0.717, 1.165) is 44.9 Å². The third-order valence-corrected chi connectivity index (χ3v) is 6.94. The first-order valence-corrected chi connectivity index (χ1v) is 12.6. The van der Waals surface area contributed by atoms with Gasteiger partial charge in [-0.05, 0) is 47.9 Å². The SMILES string of the molecule is O=C(O)CC1(NC(=O)CCCCCCCNC(=O)OCC2c3ccccc3-c3ccccc32)CC1. The van der Waals surface area contributed by atoms with Gasteiger partial charge in [0, 0.05) is 18.9 Å². The summed E-state index contributed by atoms with van der Waals surface area (Å²) in [6.45, 7) is 0.880. The second kappa shape index (κ2) is 11.4. The number of alkyl carbamates (subject to hydrolysis) is 1. The molecule has 2 aromatic carbocycles. The van der Waals surface area contributed by atoms with Crippen molar-refractivity contribution in [2.45, 2.75) is 69.2 Å². The molecule has 1 fully saturated rings. The minimum absolute atomic E-state index is 0.00934. The van der Waals surface area contributed by atoms with Crippen molar-refractivity contribution in [2.24, 2.45) is 0 Å². The maximum atomic E-state index is 12.2. The highest BCUT2D eigenvalue weighted by molar-refractivity contribution is 5.80. The number of carboxylic acids is 1. The molecule has 1 saturated carbocycles. The summed E-state index contributed by atoms with van der Waals surface area (Å²) in [4.78, 5) is 35.1. The monoisotopic (exact) mass is 478 g/mol. The number of unbranched alkanes of at least 4 members (excludes halogenated alkanes) is 4. The molecule has 7 heteroatoms. The van der Waals surface area contributed by atoms with E-state index in [-0.39, 0.29) is 24.3 Å². The number of fused-ring (bicyclic) bond motifs is 3. The summed E-state index contributed by atoms with van der Waals surface area (Å²) in [7, 11) is 0. The fourth-order valence-electron chi connectivity index (χ4n) is 4.93. The van der Waals surface area contributed by atoms with Gasteiger partial charge >= 0.3 is 12.1 Å². The largest absolute Gasteiger partial charge is 0.481 e. The molecule has 0 atom stereocenters. The zero-order valence-corrected chi connectivity index (χ0v) is 20.1. The van der Waals surface area contributed by atoms with Crippen LogP contribution in [0.15, 0.2) is 48.5 Å². The van der Waals surface area contributed by atoms with Crippen LogP contribution >= 0.6 is 0 Å². The van der Waals surface area contributed by atoms with Crippen molar-refractivity contribution in [2.75, 3.05) is 13.2 Å². The molecule has 2 aliphatic carbocycles. The highest BCUT2D eigenvalue weighted by Crippen LogP contribution is 2.44. The lowest BCUT2D eigenvalue weighted by Gasteiger charge is -2.15. The number of amides is 2. The zero-order chi connectivity index (χ0) is 24.7. The molecule has 0 saturated heterocycles. The average Bonchev–Trinajstić information content (AvgIpc) is 3.50. The molecule has 2 aliphatic rings. The first-order chi connectivity index (χ1) is 17.0. The Morgan fingerprint density at radius 3 is 2.11 bits per heavy atom. The van der Waals surface area contributed by atoms with E-state index in [9.17, 15) is 14.4 Å². The zero-order valence-electron chi connectivity index (χ0n) is 20.1. The van der Waals surface area contributed by atoms with E-state index >= 15 is 0 Å². The summed E-state index contributed by atoms with van der Waals surface area (Å²) >= 11 is 0. The van der Waals surface area contributed by atoms with E-state index < -0.39 is 11.5 Å². The van der Waals surface area contributed by atoms with Gasteiger partial charge in [0.1, 0.15) is 6.61 Å². The minimum atomic E-state index is -0.866. The van der Waals surface area contributed by atoms with Crippen LogP contribution in [0.5, 0.6) is 0 Å². The van der Waals surface area contributed by atoms with Crippen LogP contribution in [0.3, 0.4) is 0 Å². The third-order valence-electron chi connectivity index (χ3n) is 6.94. The molecule has 4 rings (SSSR count). The number of carbonyl (C=O) groups excluding carboxylic acids is 2. The van der Waals surface area contributed by atoms with E-state index in [1.165, 1.54) is 22.3 Å². The molecule has 186 valence electrons. The van der Waals surface area contributed by atoms with Crippen LogP contribution in [0.25, 0.3) is 11.1 Å². The average molecular weight is 479 g/mol. The Labute approximate surface area is 206 Å². The summed E-state index contributed by atoms with van der Waals surface area (Å²) < 4.78 is 5.55. The molecule has 0 unspecified atom stereocenters. The van der Waals surface area contributed by atoms with Gasteiger partial charge in [-0.2, -0.15) is 0 Å². The van der Waals surface area contributed by atoms with Gasteiger partial charge in [-0.15, -0.1) is 0 Å². The molecule has 2 amide bonds. The van der Waals surface area contributed by atoms with Crippen LogP contribution in [-0.4, -0.2) is 41.8 Å². The van der Waals surface area contributed by atoms with Crippen LogP contribution in [0.1, 0.15) is 74.8 Å². The molecule has 0 aliphatic heterocycles. The summed E-state index contributed by atoms with van der Waals surface area (Å²) in [5.41, 5.74) is 4.32. The van der Waals surface area contributed by atoms with Gasteiger partial charge in [0.25, 0.3) is 0 Å². The van der Waals surface area contributed by atoms with Crippen LogP contribution in [0.4, 0.5) is 4.79 Å².